The lowest BCUT2D eigenvalue weighted by atomic mass is 10.3. The van der Waals surface area contributed by atoms with Gasteiger partial charge in [0.05, 0.1) is 12.9 Å². The lowest BCUT2D eigenvalue weighted by Gasteiger charge is -2.22. The summed E-state index contributed by atoms with van der Waals surface area (Å²) < 4.78 is 92.0. The van der Waals surface area contributed by atoms with Gasteiger partial charge in [-0.25, -0.2) is 12.8 Å². The summed E-state index contributed by atoms with van der Waals surface area (Å²) in [6.45, 7) is -0.981. The Bertz CT molecular complexity index is 427. The monoisotopic (exact) mass is 285 g/mol. The van der Waals surface area contributed by atoms with Crippen LogP contribution in [-0.2, 0) is 24.4 Å². The topological polar surface area (TPSA) is 101 Å². The molecule has 0 radical (unpaired) electrons. The average Bonchev–Trinajstić information content (AvgIpc) is 1.99. The van der Waals surface area contributed by atoms with Crippen molar-refractivity contribution in [2.45, 2.75) is 17.8 Å². The van der Waals surface area contributed by atoms with Crippen LogP contribution in [0.3, 0.4) is 0 Å². The second-order valence-electron chi connectivity index (χ2n) is 2.80. The summed E-state index contributed by atoms with van der Waals surface area (Å²) in [5.74, 6) is 0. The standard InChI is InChI=1S/C5H9F3O6S2/c1-15(9,10)14-3-2-4(6)5(7,8)16(11,12)13/h4H,2-3H2,1H3,(H,11,12,13)/p-1. The minimum absolute atomic E-state index is 0.600. The third-order valence-electron chi connectivity index (χ3n) is 1.37. The summed E-state index contributed by atoms with van der Waals surface area (Å²) >= 11 is 0. The van der Waals surface area contributed by atoms with E-state index >= 15 is 0 Å². The molecule has 0 bridgehead atoms. The van der Waals surface area contributed by atoms with Crippen LogP contribution in [0.5, 0.6) is 0 Å². The number of hydrogen-bond donors (Lipinski definition) is 0. The van der Waals surface area contributed by atoms with Gasteiger partial charge in [0.2, 0.25) is 0 Å². The van der Waals surface area contributed by atoms with Crippen molar-refractivity contribution in [3.63, 3.8) is 0 Å². The Morgan fingerprint density at radius 2 is 1.75 bits per heavy atom. The molecule has 1 atom stereocenters. The maximum Gasteiger partial charge on any atom is 0.364 e. The van der Waals surface area contributed by atoms with E-state index in [0.717, 1.165) is 0 Å². The number of alkyl halides is 3. The zero-order valence-electron chi connectivity index (χ0n) is 7.89. The van der Waals surface area contributed by atoms with Crippen LogP contribution in [0.2, 0.25) is 0 Å². The van der Waals surface area contributed by atoms with Crippen LogP contribution in [-0.4, -0.2) is 45.7 Å². The SMILES string of the molecule is CS(=O)(=O)OCCC(F)C(F)(F)S(=O)(=O)[O-]. The summed E-state index contributed by atoms with van der Waals surface area (Å²) in [5, 5.41) is -5.10. The smallest absolute Gasteiger partial charge is 0.364 e. The molecule has 0 aliphatic carbocycles. The van der Waals surface area contributed by atoms with E-state index in [-0.39, 0.29) is 0 Å². The molecule has 0 saturated carbocycles. The molecule has 0 saturated heterocycles. The van der Waals surface area contributed by atoms with Gasteiger partial charge in [0, 0.05) is 6.42 Å². The van der Waals surface area contributed by atoms with Gasteiger partial charge in [0.1, 0.15) is 0 Å². The normalized spacial score (nSPS) is 16.1. The number of rotatable bonds is 6. The lowest BCUT2D eigenvalue weighted by molar-refractivity contribution is -0.0115. The van der Waals surface area contributed by atoms with Crippen molar-refractivity contribution < 1.29 is 38.7 Å². The zero-order chi connectivity index (χ0) is 13.2. The van der Waals surface area contributed by atoms with Crippen LogP contribution in [0, 0.1) is 0 Å². The molecule has 0 aromatic heterocycles. The van der Waals surface area contributed by atoms with Crippen molar-refractivity contribution in [2.75, 3.05) is 12.9 Å². The third kappa shape index (κ3) is 4.63. The average molecular weight is 285 g/mol. The van der Waals surface area contributed by atoms with Crippen LogP contribution < -0.4 is 0 Å². The van der Waals surface area contributed by atoms with E-state index in [4.69, 9.17) is 0 Å². The van der Waals surface area contributed by atoms with E-state index in [1.807, 2.05) is 0 Å². The predicted octanol–water partition coefficient (Wildman–Crippen LogP) is -0.171. The van der Waals surface area contributed by atoms with Gasteiger partial charge < -0.3 is 4.55 Å². The molecule has 0 aliphatic rings. The fourth-order valence-electron chi connectivity index (χ4n) is 0.628. The second kappa shape index (κ2) is 4.85. The predicted molar refractivity (Wildman–Crippen MR) is 45.0 cm³/mol. The highest BCUT2D eigenvalue weighted by atomic mass is 32.2. The molecule has 11 heteroatoms. The van der Waals surface area contributed by atoms with Gasteiger partial charge >= 0.3 is 5.25 Å². The van der Waals surface area contributed by atoms with Crippen LogP contribution in [0.25, 0.3) is 0 Å². The van der Waals surface area contributed by atoms with Crippen LogP contribution in [0.15, 0.2) is 0 Å². The maximum absolute atomic E-state index is 12.6. The zero-order valence-corrected chi connectivity index (χ0v) is 9.52. The van der Waals surface area contributed by atoms with E-state index in [1.54, 1.807) is 0 Å². The van der Waals surface area contributed by atoms with Crippen molar-refractivity contribution >= 4 is 20.2 Å². The van der Waals surface area contributed by atoms with Crippen molar-refractivity contribution in [3.8, 4) is 0 Å². The Balaban J connectivity index is 4.44. The van der Waals surface area contributed by atoms with Crippen LogP contribution >= 0.6 is 0 Å². The largest absolute Gasteiger partial charge is 0.743 e. The first-order valence-corrected chi connectivity index (χ1v) is 6.92. The van der Waals surface area contributed by atoms with Crippen molar-refractivity contribution in [2.24, 2.45) is 0 Å². The summed E-state index contributed by atoms with van der Waals surface area (Å²) in [5.41, 5.74) is 0. The molecule has 0 fully saturated rings. The number of hydrogen-bond acceptors (Lipinski definition) is 6. The van der Waals surface area contributed by atoms with Gasteiger partial charge in [-0.05, 0) is 0 Å². The van der Waals surface area contributed by atoms with Gasteiger partial charge in [0.25, 0.3) is 10.1 Å². The molecule has 0 aromatic carbocycles. The lowest BCUT2D eigenvalue weighted by Crippen LogP contribution is -2.39. The summed E-state index contributed by atoms with van der Waals surface area (Å²) in [6.07, 6.45) is -3.96. The fourth-order valence-corrected chi connectivity index (χ4v) is 1.46. The minimum atomic E-state index is -6.13. The first-order valence-electron chi connectivity index (χ1n) is 3.69. The molecule has 0 amide bonds. The Morgan fingerprint density at radius 3 is 2.06 bits per heavy atom. The molecule has 0 aromatic rings. The molecule has 0 N–H and O–H groups in total. The van der Waals surface area contributed by atoms with Gasteiger partial charge in [-0.15, -0.1) is 0 Å². The molecule has 6 nitrogen and oxygen atoms in total. The first-order chi connectivity index (χ1) is 6.88. The molecule has 0 spiro atoms. The van der Waals surface area contributed by atoms with Gasteiger partial charge in [-0.3, -0.25) is 4.18 Å². The Kier molecular flexibility index (Phi) is 4.74. The Labute approximate surface area is 90.3 Å². The van der Waals surface area contributed by atoms with E-state index in [9.17, 15) is 34.6 Å². The van der Waals surface area contributed by atoms with E-state index in [0.29, 0.717) is 6.26 Å². The first kappa shape index (κ1) is 15.6. The molecular weight excluding hydrogens is 277 g/mol. The summed E-state index contributed by atoms with van der Waals surface area (Å²) in [4.78, 5) is 0. The maximum atomic E-state index is 12.6. The van der Waals surface area contributed by atoms with Crippen molar-refractivity contribution in [3.05, 3.63) is 0 Å². The fraction of sp³-hybridized carbons (Fsp3) is 1.00. The van der Waals surface area contributed by atoms with Gasteiger partial charge in [-0.1, -0.05) is 0 Å². The molecule has 0 heterocycles. The van der Waals surface area contributed by atoms with Gasteiger partial charge in [-0.2, -0.15) is 17.2 Å². The quantitative estimate of drug-likeness (QED) is 0.496. The molecule has 1 unspecified atom stereocenters. The highest BCUT2D eigenvalue weighted by Gasteiger charge is 2.47. The molecular formula is C5H8F3O6S2-. The molecule has 98 valence electrons. The minimum Gasteiger partial charge on any atom is -0.743 e. The molecule has 16 heavy (non-hydrogen) atoms. The van der Waals surface area contributed by atoms with E-state index < -0.39 is 44.7 Å². The Hall–Kier alpha value is -0.390. The molecule has 0 rings (SSSR count). The third-order valence-corrected chi connectivity index (χ3v) is 2.88. The van der Waals surface area contributed by atoms with Gasteiger partial charge in [0.15, 0.2) is 16.3 Å². The highest BCUT2D eigenvalue weighted by molar-refractivity contribution is 7.86. The number of halogens is 3. The Morgan fingerprint density at radius 1 is 1.31 bits per heavy atom. The van der Waals surface area contributed by atoms with Crippen LogP contribution in [0.1, 0.15) is 6.42 Å². The van der Waals surface area contributed by atoms with E-state index in [2.05, 4.69) is 4.18 Å². The van der Waals surface area contributed by atoms with Crippen LogP contribution in [0.4, 0.5) is 13.2 Å². The summed E-state index contributed by atoms with van der Waals surface area (Å²) in [7, 11) is -10.1. The van der Waals surface area contributed by atoms with Crippen molar-refractivity contribution in [1.82, 2.24) is 0 Å². The second-order valence-corrected chi connectivity index (χ2v) is 5.89. The summed E-state index contributed by atoms with van der Waals surface area (Å²) in [6, 6.07) is 0. The highest BCUT2D eigenvalue weighted by Crippen LogP contribution is 2.29. The van der Waals surface area contributed by atoms with E-state index in [1.165, 1.54) is 0 Å². The van der Waals surface area contributed by atoms with Crippen molar-refractivity contribution in [1.29, 1.82) is 0 Å². The molecule has 0 aliphatic heterocycles.